The average molecular weight is 441 g/mol. The van der Waals surface area contributed by atoms with Gasteiger partial charge in [-0.15, -0.1) is 0 Å². The molecule has 1 N–H and O–H groups in total. The zero-order valence-corrected chi connectivity index (χ0v) is 17.8. The maximum atomic E-state index is 15.5. The van der Waals surface area contributed by atoms with E-state index >= 15 is 4.39 Å². The van der Waals surface area contributed by atoms with Gasteiger partial charge in [-0.1, -0.05) is 35.9 Å². The summed E-state index contributed by atoms with van der Waals surface area (Å²) in [7, 11) is 1.51. The van der Waals surface area contributed by atoms with Crippen LogP contribution in [0.15, 0.2) is 54.7 Å². The molecule has 0 saturated carbocycles. The summed E-state index contributed by atoms with van der Waals surface area (Å²) in [5.41, 5.74) is 2.35. The summed E-state index contributed by atoms with van der Waals surface area (Å²) in [6.45, 7) is 0.666. The van der Waals surface area contributed by atoms with Gasteiger partial charge in [-0.3, -0.25) is 0 Å². The molecule has 0 spiro atoms. The van der Waals surface area contributed by atoms with Crippen LogP contribution < -0.4 is 9.64 Å². The van der Waals surface area contributed by atoms with Crippen LogP contribution in [0.4, 0.5) is 10.2 Å². The third kappa shape index (κ3) is 4.35. The Labute approximate surface area is 185 Å². The lowest BCUT2D eigenvalue weighted by molar-refractivity contribution is -0.138. The molecule has 1 aromatic heterocycles. The van der Waals surface area contributed by atoms with Crippen molar-refractivity contribution in [2.24, 2.45) is 0 Å². The number of rotatable bonds is 6. The number of ether oxygens (including phenoxy) is 1. The Balaban J connectivity index is 1.61. The Morgan fingerprint density at radius 3 is 2.81 bits per heavy atom. The minimum Gasteiger partial charge on any atom is -0.496 e. The van der Waals surface area contributed by atoms with Gasteiger partial charge in [0.05, 0.1) is 12.7 Å². The van der Waals surface area contributed by atoms with Crippen LogP contribution in [0.3, 0.4) is 0 Å². The molecule has 2 heterocycles. The minimum absolute atomic E-state index is 0.346. The van der Waals surface area contributed by atoms with Gasteiger partial charge < -0.3 is 14.7 Å². The van der Waals surface area contributed by atoms with E-state index in [2.05, 4.69) is 4.98 Å². The molecule has 4 rings (SSSR count). The number of methoxy groups -OCH3 is 1. The quantitative estimate of drug-likeness (QED) is 0.571. The lowest BCUT2D eigenvalue weighted by Gasteiger charge is -2.22. The predicted molar refractivity (Wildman–Crippen MR) is 118 cm³/mol. The Kier molecular flexibility index (Phi) is 6.09. The third-order valence-corrected chi connectivity index (χ3v) is 5.79. The Morgan fingerprint density at radius 2 is 2.13 bits per heavy atom. The number of aromatic nitrogens is 1. The molecule has 0 amide bonds. The van der Waals surface area contributed by atoms with E-state index in [0.29, 0.717) is 52.7 Å². The van der Waals surface area contributed by atoms with E-state index in [4.69, 9.17) is 16.3 Å². The van der Waals surface area contributed by atoms with Crippen LogP contribution in [0.5, 0.6) is 5.75 Å². The predicted octanol–water partition coefficient (Wildman–Crippen LogP) is 5.19. The highest BCUT2D eigenvalue weighted by Gasteiger charge is 2.31. The number of hydrogen-bond donors (Lipinski definition) is 1. The number of nitrogens with zero attached hydrogens (tertiary/aromatic N) is 2. The molecule has 0 bridgehead atoms. The maximum Gasteiger partial charge on any atom is 0.326 e. The molecule has 31 heavy (non-hydrogen) atoms. The van der Waals surface area contributed by atoms with Gasteiger partial charge in [0, 0.05) is 24.2 Å². The van der Waals surface area contributed by atoms with Gasteiger partial charge in [-0.25, -0.2) is 14.2 Å². The number of halogens is 2. The van der Waals surface area contributed by atoms with Crippen molar-refractivity contribution in [2.45, 2.75) is 25.3 Å². The molecule has 0 radical (unpaired) electrons. The Bertz CT molecular complexity index is 1100. The smallest absolute Gasteiger partial charge is 0.326 e. The van der Waals surface area contributed by atoms with Crippen molar-refractivity contribution in [3.8, 4) is 16.9 Å². The van der Waals surface area contributed by atoms with Crippen LogP contribution in [-0.4, -0.2) is 35.8 Å². The largest absolute Gasteiger partial charge is 0.496 e. The normalized spacial score (nSPS) is 15.8. The fourth-order valence-corrected chi connectivity index (χ4v) is 4.22. The minimum atomic E-state index is -0.836. The molecular formula is C24H22ClFN2O3. The fourth-order valence-electron chi connectivity index (χ4n) is 4.03. The number of carbonyl (C=O) groups is 1. The molecule has 1 fully saturated rings. The Morgan fingerprint density at radius 1 is 1.29 bits per heavy atom. The first-order chi connectivity index (χ1) is 15.0. The first kappa shape index (κ1) is 21.1. The van der Waals surface area contributed by atoms with Gasteiger partial charge >= 0.3 is 5.97 Å². The van der Waals surface area contributed by atoms with Crippen LogP contribution in [0.1, 0.15) is 24.0 Å². The van der Waals surface area contributed by atoms with Crippen LogP contribution in [0.25, 0.3) is 11.1 Å². The van der Waals surface area contributed by atoms with Crippen molar-refractivity contribution < 1.29 is 19.0 Å². The third-order valence-electron chi connectivity index (χ3n) is 5.55. The summed E-state index contributed by atoms with van der Waals surface area (Å²) in [5.74, 6) is -0.136. The number of aliphatic carboxylic acids is 1. The second-order valence-electron chi connectivity index (χ2n) is 7.52. The summed E-state index contributed by atoms with van der Waals surface area (Å²) < 4.78 is 20.8. The molecule has 1 aliphatic rings. The summed E-state index contributed by atoms with van der Waals surface area (Å²) in [6.07, 6.45) is 3.46. The fraction of sp³-hybridized carbons (Fsp3) is 0.250. The number of pyridine rings is 1. The standard InChI is InChI=1S/C24H22ClFN2O3/c1-31-20-9-8-17(23(26)22(20)16-4-2-5-18(25)13-16)12-15-7-10-21(27-14-15)28-11-3-6-19(28)24(29)30/h2,4-5,7-10,13-14,19H,3,6,11-12H2,1H3,(H,29,30). The van der Waals surface area contributed by atoms with E-state index in [9.17, 15) is 9.90 Å². The second kappa shape index (κ2) is 8.94. The van der Waals surface area contributed by atoms with Crippen molar-refractivity contribution >= 4 is 23.4 Å². The first-order valence-corrected chi connectivity index (χ1v) is 10.4. The van der Waals surface area contributed by atoms with Crippen molar-refractivity contribution in [3.63, 3.8) is 0 Å². The highest BCUT2D eigenvalue weighted by molar-refractivity contribution is 6.30. The van der Waals surface area contributed by atoms with Crippen LogP contribution in [-0.2, 0) is 11.2 Å². The number of carboxylic acids is 1. The topological polar surface area (TPSA) is 62.7 Å². The molecule has 1 aliphatic heterocycles. The van der Waals surface area contributed by atoms with E-state index in [0.717, 1.165) is 12.0 Å². The lowest BCUT2D eigenvalue weighted by atomic mass is 9.97. The monoisotopic (exact) mass is 440 g/mol. The molecule has 7 heteroatoms. The zero-order valence-electron chi connectivity index (χ0n) is 17.0. The molecule has 160 valence electrons. The summed E-state index contributed by atoms with van der Waals surface area (Å²) in [5, 5.41) is 9.89. The Hall–Kier alpha value is -3.12. The molecule has 3 aromatic rings. The van der Waals surface area contributed by atoms with Crippen molar-refractivity contribution in [2.75, 3.05) is 18.6 Å². The van der Waals surface area contributed by atoms with Crippen LogP contribution in [0.2, 0.25) is 5.02 Å². The number of hydrogen-bond acceptors (Lipinski definition) is 4. The van der Waals surface area contributed by atoms with Gasteiger partial charge in [0.15, 0.2) is 0 Å². The van der Waals surface area contributed by atoms with E-state index < -0.39 is 12.0 Å². The molecule has 1 unspecified atom stereocenters. The highest BCUT2D eigenvalue weighted by atomic mass is 35.5. The van der Waals surface area contributed by atoms with Crippen molar-refractivity contribution in [1.29, 1.82) is 0 Å². The van der Waals surface area contributed by atoms with E-state index in [1.54, 1.807) is 53.6 Å². The molecule has 2 aromatic carbocycles. The molecule has 1 atom stereocenters. The van der Waals surface area contributed by atoms with Crippen LogP contribution in [0, 0.1) is 5.82 Å². The van der Waals surface area contributed by atoms with Crippen molar-refractivity contribution in [1.82, 2.24) is 4.98 Å². The summed E-state index contributed by atoms with van der Waals surface area (Å²) in [6, 6.07) is 13.6. The van der Waals surface area contributed by atoms with E-state index in [1.165, 1.54) is 7.11 Å². The number of benzene rings is 2. The lowest BCUT2D eigenvalue weighted by Crippen LogP contribution is -2.36. The van der Waals surface area contributed by atoms with E-state index in [-0.39, 0.29) is 5.82 Å². The molecule has 5 nitrogen and oxygen atoms in total. The van der Waals surface area contributed by atoms with Gasteiger partial charge in [-0.2, -0.15) is 0 Å². The van der Waals surface area contributed by atoms with Gasteiger partial charge in [0.2, 0.25) is 0 Å². The summed E-state index contributed by atoms with van der Waals surface area (Å²) in [4.78, 5) is 17.7. The first-order valence-electron chi connectivity index (χ1n) is 10.0. The average Bonchev–Trinajstić information content (AvgIpc) is 3.26. The van der Waals surface area contributed by atoms with E-state index in [1.807, 2.05) is 6.07 Å². The number of anilines is 1. The van der Waals surface area contributed by atoms with Gasteiger partial charge in [0.1, 0.15) is 23.4 Å². The molecule has 0 aliphatic carbocycles. The van der Waals surface area contributed by atoms with Gasteiger partial charge in [-0.05, 0) is 53.8 Å². The highest BCUT2D eigenvalue weighted by Crippen LogP contribution is 2.36. The second-order valence-corrected chi connectivity index (χ2v) is 7.95. The maximum absolute atomic E-state index is 15.5. The molecule has 1 saturated heterocycles. The van der Waals surface area contributed by atoms with Crippen LogP contribution >= 0.6 is 11.6 Å². The summed E-state index contributed by atoms with van der Waals surface area (Å²) >= 11 is 6.10. The van der Waals surface area contributed by atoms with Gasteiger partial charge in [0.25, 0.3) is 0 Å². The SMILES string of the molecule is COc1ccc(Cc2ccc(N3CCCC3C(=O)O)nc2)c(F)c1-c1cccc(Cl)c1. The zero-order chi connectivity index (χ0) is 22.0. The van der Waals surface area contributed by atoms with Crippen molar-refractivity contribution in [3.05, 3.63) is 76.7 Å². The molecular weight excluding hydrogens is 419 g/mol. The number of carboxylic acid groups (broad SMARTS) is 1.